The Morgan fingerprint density at radius 2 is 2.33 bits per heavy atom. The number of alkyl halides is 1. The van der Waals surface area contributed by atoms with E-state index in [0.29, 0.717) is 0 Å². The lowest BCUT2D eigenvalue weighted by Gasteiger charge is -2.01. The predicted molar refractivity (Wildman–Crippen MR) is 39.8 cm³/mol. The van der Waals surface area contributed by atoms with Crippen molar-refractivity contribution in [2.75, 3.05) is 14.2 Å². The van der Waals surface area contributed by atoms with Crippen LogP contribution >= 0.6 is 0 Å². The van der Waals surface area contributed by atoms with E-state index in [-0.39, 0.29) is 12.3 Å². The highest BCUT2D eigenvalue weighted by Crippen LogP contribution is 2.18. The summed E-state index contributed by atoms with van der Waals surface area (Å²) in [7, 11) is 2.57. The van der Waals surface area contributed by atoms with Crippen LogP contribution in [0.15, 0.2) is 4.99 Å². The van der Waals surface area contributed by atoms with Crippen molar-refractivity contribution < 1.29 is 18.7 Å². The summed E-state index contributed by atoms with van der Waals surface area (Å²) < 4.78 is 21.9. The second-order valence-corrected chi connectivity index (χ2v) is 2.41. The number of methoxy groups -OCH3 is 2. The van der Waals surface area contributed by atoms with Gasteiger partial charge in [0.2, 0.25) is 5.90 Å². The van der Waals surface area contributed by atoms with Crippen LogP contribution in [-0.2, 0) is 14.3 Å². The third-order valence-corrected chi connectivity index (χ3v) is 1.66. The Morgan fingerprint density at radius 1 is 1.67 bits per heavy atom. The Labute approximate surface area is 69.4 Å². The number of ether oxygens (including phenoxy) is 2. The number of rotatable bonds is 1. The first-order chi connectivity index (χ1) is 5.69. The molecule has 2 atom stereocenters. The van der Waals surface area contributed by atoms with Crippen molar-refractivity contribution in [2.45, 2.75) is 18.6 Å². The molecule has 0 unspecified atom stereocenters. The maximum absolute atomic E-state index is 12.9. The summed E-state index contributed by atoms with van der Waals surface area (Å²) in [5.41, 5.74) is 0. The van der Waals surface area contributed by atoms with E-state index in [0.717, 1.165) is 0 Å². The van der Waals surface area contributed by atoms with Gasteiger partial charge in [-0.3, -0.25) is 0 Å². The highest BCUT2D eigenvalue weighted by molar-refractivity contribution is 5.89. The quantitative estimate of drug-likeness (QED) is 0.539. The molecule has 0 saturated heterocycles. The Morgan fingerprint density at radius 3 is 2.75 bits per heavy atom. The van der Waals surface area contributed by atoms with Crippen LogP contribution in [0.25, 0.3) is 0 Å². The van der Waals surface area contributed by atoms with Gasteiger partial charge in [0, 0.05) is 6.42 Å². The van der Waals surface area contributed by atoms with Crippen LogP contribution in [0.5, 0.6) is 0 Å². The second-order valence-electron chi connectivity index (χ2n) is 2.41. The lowest BCUT2D eigenvalue weighted by molar-refractivity contribution is -0.142. The van der Waals surface area contributed by atoms with Gasteiger partial charge in [0.1, 0.15) is 0 Å². The Balaban J connectivity index is 2.63. The summed E-state index contributed by atoms with van der Waals surface area (Å²) >= 11 is 0. The fourth-order valence-electron chi connectivity index (χ4n) is 1.05. The zero-order chi connectivity index (χ0) is 9.14. The summed E-state index contributed by atoms with van der Waals surface area (Å²) in [5.74, 6) is -0.546. The number of esters is 1. The summed E-state index contributed by atoms with van der Waals surface area (Å²) in [6.45, 7) is 0. The van der Waals surface area contributed by atoms with E-state index in [2.05, 4.69) is 14.5 Å². The highest BCUT2D eigenvalue weighted by atomic mass is 19.1. The van der Waals surface area contributed by atoms with Gasteiger partial charge in [-0.1, -0.05) is 0 Å². The molecule has 0 N–H and O–H groups in total. The number of carbonyl (C=O) groups is 1. The summed E-state index contributed by atoms with van der Waals surface area (Å²) in [5, 5.41) is 0. The van der Waals surface area contributed by atoms with Gasteiger partial charge in [0.15, 0.2) is 12.2 Å². The van der Waals surface area contributed by atoms with Gasteiger partial charge in [-0.05, 0) is 0 Å². The van der Waals surface area contributed by atoms with Crippen molar-refractivity contribution in [3.8, 4) is 0 Å². The topological polar surface area (TPSA) is 47.9 Å². The molecule has 0 amide bonds. The lowest BCUT2D eigenvalue weighted by Crippen LogP contribution is -2.19. The maximum atomic E-state index is 12.9. The first-order valence-electron chi connectivity index (χ1n) is 3.52. The number of hydrogen-bond acceptors (Lipinski definition) is 4. The minimum atomic E-state index is -1.28. The molecule has 1 rings (SSSR count). The minimum Gasteiger partial charge on any atom is -0.482 e. The fraction of sp³-hybridized carbons (Fsp3) is 0.714. The van der Waals surface area contributed by atoms with E-state index < -0.39 is 18.2 Å². The third-order valence-electron chi connectivity index (χ3n) is 1.66. The first-order valence-corrected chi connectivity index (χ1v) is 3.52. The van der Waals surface area contributed by atoms with Crippen LogP contribution in [0.2, 0.25) is 0 Å². The van der Waals surface area contributed by atoms with E-state index in [4.69, 9.17) is 0 Å². The van der Waals surface area contributed by atoms with E-state index >= 15 is 0 Å². The van der Waals surface area contributed by atoms with Gasteiger partial charge in [0.05, 0.1) is 14.2 Å². The number of carbonyl (C=O) groups excluding carboxylic acids is 1. The van der Waals surface area contributed by atoms with Crippen molar-refractivity contribution in [1.82, 2.24) is 0 Å². The van der Waals surface area contributed by atoms with E-state index in [1.807, 2.05) is 0 Å². The van der Waals surface area contributed by atoms with Gasteiger partial charge in [0.25, 0.3) is 0 Å². The van der Waals surface area contributed by atoms with Crippen molar-refractivity contribution in [1.29, 1.82) is 0 Å². The number of halogens is 1. The molecule has 12 heavy (non-hydrogen) atoms. The van der Waals surface area contributed by atoms with Gasteiger partial charge in [-0.25, -0.2) is 14.2 Å². The molecular formula is C7H10FNO3. The molecule has 0 radical (unpaired) electrons. The molecule has 4 nitrogen and oxygen atoms in total. The second kappa shape index (κ2) is 3.51. The van der Waals surface area contributed by atoms with Crippen molar-refractivity contribution >= 4 is 11.9 Å². The van der Waals surface area contributed by atoms with Crippen molar-refractivity contribution in [3.63, 3.8) is 0 Å². The smallest absolute Gasteiger partial charge is 0.330 e. The van der Waals surface area contributed by atoms with Crippen LogP contribution in [-0.4, -0.2) is 38.3 Å². The molecule has 1 aliphatic heterocycles. The standard InChI is InChI=1S/C7H10FNO3/c1-11-6-4(8)3-5(9-6)7(10)12-2/h4-5H,3H2,1-2H3/t4-,5-/m0/s1. The third kappa shape index (κ3) is 1.54. The summed E-state index contributed by atoms with van der Waals surface area (Å²) in [4.78, 5) is 14.6. The highest BCUT2D eigenvalue weighted by Gasteiger charge is 2.34. The average molecular weight is 175 g/mol. The zero-order valence-electron chi connectivity index (χ0n) is 6.91. The normalized spacial score (nSPS) is 28.1. The van der Waals surface area contributed by atoms with Crippen LogP contribution in [0.3, 0.4) is 0 Å². The molecule has 0 saturated carbocycles. The first kappa shape index (κ1) is 8.96. The number of hydrogen-bond donors (Lipinski definition) is 0. The fourth-order valence-corrected chi connectivity index (χ4v) is 1.05. The maximum Gasteiger partial charge on any atom is 0.330 e. The molecule has 1 aliphatic rings. The van der Waals surface area contributed by atoms with Gasteiger partial charge in [-0.15, -0.1) is 0 Å². The van der Waals surface area contributed by atoms with Gasteiger partial charge in [-0.2, -0.15) is 0 Å². The molecule has 0 aromatic rings. The monoisotopic (exact) mass is 175 g/mol. The molecule has 5 heteroatoms. The van der Waals surface area contributed by atoms with Gasteiger partial charge >= 0.3 is 5.97 Å². The van der Waals surface area contributed by atoms with E-state index in [1.165, 1.54) is 14.2 Å². The summed E-state index contributed by atoms with van der Waals surface area (Å²) in [6, 6.07) is -0.736. The molecule has 0 fully saturated rings. The van der Waals surface area contributed by atoms with Crippen LogP contribution in [0.1, 0.15) is 6.42 Å². The van der Waals surface area contributed by atoms with Crippen LogP contribution in [0, 0.1) is 0 Å². The van der Waals surface area contributed by atoms with Crippen molar-refractivity contribution in [2.24, 2.45) is 4.99 Å². The molecule has 68 valence electrons. The molecule has 0 aromatic carbocycles. The average Bonchev–Trinajstić information content (AvgIpc) is 2.45. The minimum absolute atomic E-state index is 0.0228. The number of aliphatic imine (C=N–C) groups is 1. The Kier molecular flexibility index (Phi) is 2.62. The molecule has 0 aromatic heterocycles. The lowest BCUT2D eigenvalue weighted by atomic mass is 10.2. The Hall–Kier alpha value is -1.13. The molecule has 0 aliphatic carbocycles. The van der Waals surface area contributed by atoms with Gasteiger partial charge < -0.3 is 9.47 Å². The van der Waals surface area contributed by atoms with E-state index in [1.54, 1.807) is 0 Å². The summed E-state index contributed by atoms with van der Waals surface area (Å²) in [6.07, 6.45) is -1.25. The number of nitrogens with zero attached hydrogens (tertiary/aromatic N) is 1. The van der Waals surface area contributed by atoms with Crippen LogP contribution in [0.4, 0.5) is 4.39 Å². The molecular weight excluding hydrogens is 165 g/mol. The van der Waals surface area contributed by atoms with Crippen molar-refractivity contribution in [3.05, 3.63) is 0 Å². The van der Waals surface area contributed by atoms with Crippen LogP contribution < -0.4 is 0 Å². The zero-order valence-corrected chi connectivity index (χ0v) is 6.91. The SMILES string of the molecule is COC(=O)[C@@H]1C[C@H](F)C(OC)=N1. The molecule has 0 spiro atoms. The Bertz CT molecular complexity index is 217. The molecule has 1 heterocycles. The largest absolute Gasteiger partial charge is 0.482 e. The van der Waals surface area contributed by atoms with E-state index in [9.17, 15) is 9.18 Å². The molecule has 0 bridgehead atoms. The predicted octanol–water partition coefficient (Wildman–Crippen LogP) is 0.315.